The van der Waals surface area contributed by atoms with Gasteiger partial charge in [-0.2, -0.15) is 0 Å². The lowest BCUT2D eigenvalue weighted by Gasteiger charge is -2.14. The summed E-state index contributed by atoms with van der Waals surface area (Å²) >= 11 is 0. The normalized spacial score (nSPS) is 10.8. The van der Waals surface area contributed by atoms with Crippen molar-refractivity contribution in [2.75, 3.05) is 20.2 Å². The molecule has 0 fully saturated rings. The molecule has 0 atom stereocenters. The molecule has 0 radical (unpaired) electrons. The van der Waals surface area contributed by atoms with Crippen LogP contribution in [-0.2, 0) is 9.53 Å². The van der Waals surface area contributed by atoms with Gasteiger partial charge in [0.1, 0.15) is 0 Å². The summed E-state index contributed by atoms with van der Waals surface area (Å²) in [6.07, 6.45) is 1.19. The van der Waals surface area contributed by atoms with Gasteiger partial charge in [-0.25, -0.2) is 0 Å². The molecule has 6 heteroatoms. The summed E-state index contributed by atoms with van der Waals surface area (Å²) in [6.45, 7) is 7.07. The van der Waals surface area contributed by atoms with Crippen molar-refractivity contribution in [2.24, 2.45) is 4.99 Å². The zero-order valence-corrected chi connectivity index (χ0v) is 13.4. The third-order valence-electron chi connectivity index (χ3n) is 1.80. The number of ether oxygens (including phenoxy) is 1. The summed E-state index contributed by atoms with van der Waals surface area (Å²) in [4.78, 5) is 15.1. The summed E-state index contributed by atoms with van der Waals surface area (Å²) in [6, 6.07) is 0.344. The van der Waals surface area contributed by atoms with Gasteiger partial charge in [-0.15, -0.1) is 24.0 Å². The Morgan fingerprint density at radius 1 is 1.41 bits per heavy atom. The maximum absolute atomic E-state index is 11.0. The van der Waals surface area contributed by atoms with E-state index < -0.39 is 0 Å². The van der Waals surface area contributed by atoms with Crippen molar-refractivity contribution in [1.82, 2.24) is 10.6 Å². The van der Waals surface area contributed by atoms with Crippen molar-refractivity contribution in [3.05, 3.63) is 0 Å². The van der Waals surface area contributed by atoms with E-state index in [0.29, 0.717) is 25.6 Å². The van der Waals surface area contributed by atoms with Gasteiger partial charge in [0, 0.05) is 26.1 Å². The zero-order chi connectivity index (χ0) is 12.4. The maximum atomic E-state index is 11.0. The molecule has 0 bridgehead atoms. The molecule has 0 unspecified atom stereocenters. The molecule has 17 heavy (non-hydrogen) atoms. The smallest absolute Gasteiger partial charge is 0.305 e. The number of halogens is 1. The van der Waals surface area contributed by atoms with Crippen LogP contribution in [0, 0.1) is 0 Å². The number of carbonyl (C=O) groups is 1. The lowest BCUT2D eigenvalue weighted by molar-refractivity contribution is -0.143. The van der Waals surface area contributed by atoms with E-state index in [9.17, 15) is 4.79 Å². The van der Waals surface area contributed by atoms with E-state index in [1.165, 1.54) is 0 Å². The van der Waals surface area contributed by atoms with Crippen LogP contribution in [0.2, 0.25) is 0 Å². The molecule has 0 rings (SSSR count). The zero-order valence-electron chi connectivity index (χ0n) is 11.1. The van der Waals surface area contributed by atoms with Crippen LogP contribution in [0.15, 0.2) is 4.99 Å². The average molecular weight is 357 g/mol. The predicted molar refractivity (Wildman–Crippen MR) is 80.9 cm³/mol. The number of aliphatic imine (C=N–C) groups is 1. The Balaban J connectivity index is 0. The highest BCUT2D eigenvalue weighted by molar-refractivity contribution is 14.0. The molecule has 5 nitrogen and oxygen atoms in total. The molecule has 0 aliphatic heterocycles. The molecule has 0 saturated heterocycles. The van der Waals surface area contributed by atoms with Crippen LogP contribution in [0.25, 0.3) is 0 Å². The summed E-state index contributed by atoms with van der Waals surface area (Å²) < 4.78 is 4.83. The standard InChI is InChI=1S/C11H23N3O2.HI/c1-5-16-10(15)7-6-8-13-11(12-4)14-9(2)3;/h9H,5-8H2,1-4H3,(H2,12,13,14);1H. The van der Waals surface area contributed by atoms with E-state index in [4.69, 9.17) is 4.74 Å². The van der Waals surface area contributed by atoms with Gasteiger partial charge in [0.15, 0.2) is 5.96 Å². The number of hydrogen-bond donors (Lipinski definition) is 2. The molecule has 0 saturated carbocycles. The number of nitrogens with one attached hydrogen (secondary N) is 2. The summed E-state index contributed by atoms with van der Waals surface area (Å²) in [5.41, 5.74) is 0. The summed E-state index contributed by atoms with van der Waals surface area (Å²) in [5, 5.41) is 6.29. The average Bonchev–Trinajstić information content (AvgIpc) is 2.22. The van der Waals surface area contributed by atoms with Gasteiger partial charge in [-0.3, -0.25) is 9.79 Å². The highest BCUT2D eigenvalue weighted by Crippen LogP contribution is 1.91. The van der Waals surface area contributed by atoms with Crippen molar-refractivity contribution in [3.8, 4) is 0 Å². The first-order chi connectivity index (χ1) is 7.60. The molecule has 0 aliphatic carbocycles. The second-order valence-corrected chi connectivity index (χ2v) is 3.71. The fraction of sp³-hybridized carbons (Fsp3) is 0.818. The first-order valence-corrected chi connectivity index (χ1v) is 5.73. The van der Waals surface area contributed by atoms with Gasteiger partial charge in [-0.05, 0) is 27.2 Å². The Labute approximate surface area is 121 Å². The molecule has 0 heterocycles. The Hall–Kier alpha value is -0.530. The number of guanidine groups is 1. The third kappa shape index (κ3) is 11.7. The summed E-state index contributed by atoms with van der Waals surface area (Å²) in [5.74, 6) is 0.620. The van der Waals surface area contributed by atoms with E-state index >= 15 is 0 Å². The highest BCUT2D eigenvalue weighted by atomic mass is 127. The molecular weight excluding hydrogens is 333 g/mol. The third-order valence-corrected chi connectivity index (χ3v) is 1.80. The van der Waals surface area contributed by atoms with Gasteiger partial charge >= 0.3 is 5.97 Å². The van der Waals surface area contributed by atoms with Crippen LogP contribution in [0.4, 0.5) is 0 Å². The fourth-order valence-electron chi connectivity index (χ4n) is 1.14. The topological polar surface area (TPSA) is 62.7 Å². The molecule has 0 aromatic heterocycles. The van der Waals surface area contributed by atoms with Gasteiger partial charge in [0.2, 0.25) is 0 Å². The SMILES string of the molecule is CCOC(=O)CCCNC(=NC)NC(C)C.I. The van der Waals surface area contributed by atoms with Crippen molar-refractivity contribution in [1.29, 1.82) is 0 Å². The van der Waals surface area contributed by atoms with Crippen molar-refractivity contribution in [2.45, 2.75) is 39.7 Å². The Morgan fingerprint density at radius 3 is 2.53 bits per heavy atom. The number of rotatable bonds is 6. The minimum absolute atomic E-state index is 0. The Morgan fingerprint density at radius 2 is 2.06 bits per heavy atom. The maximum Gasteiger partial charge on any atom is 0.305 e. The number of carbonyl (C=O) groups excluding carboxylic acids is 1. The van der Waals surface area contributed by atoms with Crippen molar-refractivity contribution < 1.29 is 9.53 Å². The molecule has 102 valence electrons. The summed E-state index contributed by atoms with van der Waals surface area (Å²) in [7, 11) is 1.73. The van der Waals surface area contributed by atoms with E-state index in [2.05, 4.69) is 15.6 Å². The van der Waals surface area contributed by atoms with E-state index in [1.54, 1.807) is 7.05 Å². The molecule has 0 aromatic carbocycles. The number of hydrogen-bond acceptors (Lipinski definition) is 3. The van der Waals surface area contributed by atoms with Crippen LogP contribution < -0.4 is 10.6 Å². The Bertz CT molecular complexity index is 233. The molecular formula is C11H24IN3O2. The first kappa shape index (κ1) is 18.8. The van der Waals surface area contributed by atoms with Gasteiger partial charge in [-0.1, -0.05) is 0 Å². The van der Waals surface area contributed by atoms with Crippen LogP contribution in [0.3, 0.4) is 0 Å². The van der Waals surface area contributed by atoms with Crippen molar-refractivity contribution >= 4 is 35.9 Å². The minimum Gasteiger partial charge on any atom is -0.466 e. The van der Waals surface area contributed by atoms with Crippen LogP contribution in [-0.4, -0.2) is 38.2 Å². The molecule has 2 N–H and O–H groups in total. The largest absolute Gasteiger partial charge is 0.466 e. The van der Waals surface area contributed by atoms with Gasteiger partial charge in [0.25, 0.3) is 0 Å². The second kappa shape index (κ2) is 11.9. The monoisotopic (exact) mass is 357 g/mol. The lowest BCUT2D eigenvalue weighted by Crippen LogP contribution is -2.41. The van der Waals surface area contributed by atoms with Crippen LogP contribution >= 0.6 is 24.0 Å². The van der Waals surface area contributed by atoms with E-state index in [-0.39, 0.29) is 29.9 Å². The molecule has 0 aliphatic rings. The minimum atomic E-state index is -0.142. The second-order valence-electron chi connectivity index (χ2n) is 3.71. The Kier molecular flexibility index (Phi) is 13.2. The highest BCUT2D eigenvalue weighted by Gasteiger charge is 2.02. The quantitative estimate of drug-likeness (QED) is 0.249. The van der Waals surface area contributed by atoms with Crippen LogP contribution in [0.1, 0.15) is 33.6 Å². The molecule has 0 spiro atoms. The van der Waals surface area contributed by atoms with Crippen molar-refractivity contribution in [3.63, 3.8) is 0 Å². The van der Waals surface area contributed by atoms with Gasteiger partial charge in [0.05, 0.1) is 6.61 Å². The fourth-order valence-corrected chi connectivity index (χ4v) is 1.14. The first-order valence-electron chi connectivity index (χ1n) is 5.73. The van der Waals surface area contributed by atoms with Gasteiger partial charge < -0.3 is 15.4 Å². The lowest BCUT2D eigenvalue weighted by atomic mass is 10.3. The molecule has 0 aromatic rings. The van der Waals surface area contributed by atoms with Crippen LogP contribution in [0.5, 0.6) is 0 Å². The van der Waals surface area contributed by atoms with E-state index in [0.717, 1.165) is 12.4 Å². The number of esters is 1. The number of nitrogens with zero attached hydrogens (tertiary/aromatic N) is 1. The van der Waals surface area contributed by atoms with E-state index in [1.807, 2.05) is 20.8 Å². The molecule has 0 amide bonds. The predicted octanol–water partition coefficient (Wildman–Crippen LogP) is 1.52.